The van der Waals surface area contributed by atoms with E-state index in [4.69, 9.17) is 0 Å². The third kappa shape index (κ3) is 3.89. The lowest BCUT2D eigenvalue weighted by molar-refractivity contribution is 0.0731. The molecule has 3 N–H and O–H groups in total. The molecule has 2 aromatic rings. The molecule has 0 fully saturated rings. The Labute approximate surface area is 175 Å². The molecule has 0 bridgehead atoms. The van der Waals surface area contributed by atoms with Gasteiger partial charge in [0.1, 0.15) is 10.6 Å². The van der Waals surface area contributed by atoms with E-state index in [1.165, 1.54) is 23.8 Å². The lowest BCUT2D eigenvalue weighted by atomic mass is 9.92. The maximum absolute atomic E-state index is 13.0. The Bertz CT molecular complexity index is 1170. The van der Waals surface area contributed by atoms with Gasteiger partial charge in [-0.15, -0.1) is 6.58 Å². The van der Waals surface area contributed by atoms with Crippen LogP contribution in [0.25, 0.3) is 0 Å². The minimum atomic E-state index is -3.95. The van der Waals surface area contributed by atoms with Crippen molar-refractivity contribution in [3.8, 4) is 6.07 Å². The highest BCUT2D eigenvalue weighted by Gasteiger charge is 2.38. The molecular formula is C21H24N4O4S. The molecule has 1 aromatic carbocycles. The van der Waals surface area contributed by atoms with Crippen molar-refractivity contribution < 1.29 is 18.3 Å². The summed E-state index contributed by atoms with van der Waals surface area (Å²) >= 11 is 0. The molecule has 9 heteroatoms. The van der Waals surface area contributed by atoms with Crippen molar-refractivity contribution >= 4 is 21.6 Å². The molecule has 0 unspecified atom stereocenters. The van der Waals surface area contributed by atoms with Gasteiger partial charge in [0, 0.05) is 24.5 Å². The Hall–Kier alpha value is -2.93. The summed E-state index contributed by atoms with van der Waals surface area (Å²) in [5.41, 5.74) is 0.849. The molecule has 2 heterocycles. The van der Waals surface area contributed by atoms with E-state index in [1.807, 2.05) is 0 Å². The number of sulfonamides is 1. The van der Waals surface area contributed by atoms with Gasteiger partial charge < -0.3 is 15.0 Å². The van der Waals surface area contributed by atoms with Crippen LogP contribution in [0.15, 0.2) is 41.9 Å². The Kier molecular flexibility index (Phi) is 5.60. The average molecular weight is 429 g/mol. The first-order chi connectivity index (χ1) is 14.0. The third-order valence-corrected chi connectivity index (χ3v) is 6.99. The van der Waals surface area contributed by atoms with Crippen LogP contribution in [0.1, 0.15) is 40.5 Å². The van der Waals surface area contributed by atoms with E-state index >= 15 is 0 Å². The molecular weight excluding hydrogens is 404 g/mol. The molecule has 30 heavy (non-hydrogen) atoms. The van der Waals surface area contributed by atoms with Gasteiger partial charge in [0.25, 0.3) is 5.91 Å². The molecule has 0 spiro atoms. The molecule has 2 atom stereocenters. The molecule has 3 rings (SSSR count). The maximum Gasteiger partial charge on any atom is 0.272 e. The van der Waals surface area contributed by atoms with Crippen molar-refractivity contribution in [2.24, 2.45) is 7.05 Å². The van der Waals surface area contributed by atoms with Crippen LogP contribution in [0.3, 0.4) is 0 Å². The van der Waals surface area contributed by atoms with E-state index in [9.17, 15) is 23.6 Å². The van der Waals surface area contributed by atoms with E-state index in [-0.39, 0.29) is 17.0 Å². The second-order valence-corrected chi connectivity index (χ2v) is 9.35. The number of amides is 1. The number of aryl methyl sites for hydroxylation is 2. The Morgan fingerprint density at radius 1 is 1.50 bits per heavy atom. The average Bonchev–Trinajstić information content (AvgIpc) is 2.97. The summed E-state index contributed by atoms with van der Waals surface area (Å²) < 4.78 is 29.8. The van der Waals surface area contributed by atoms with E-state index in [1.54, 1.807) is 32.2 Å². The van der Waals surface area contributed by atoms with Crippen LogP contribution in [0.5, 0.6) is 0 Å². The van der Waals surface area contributed by atoms with Crippen molar-refractivity contribution in [1.29, 1.82) is 5.26 Å². The summed E-state index contributed by atoms with van der Waals surface area (Å²) in [6.45, 7) is 6.86. The number of hydrogen-bond acceptors (Lipinski definition) is 5. The van der Waals surface area contributed by atoms with Gasteiger partial charge in [0.2, 0.25) is 10.0 Å². The fourth-order valence-corrected chi connectivity index (χ4v) is 5.26. The summed E-state index contributed by atoms with van der Waals surface area (Å²) in [5, 5.41) is 22.4. The third-order valence-electron chi connectivity index (χ3n) is 5.47. The summed E-state index contributed by atoms with van der Waals surface area (Å²) in [6, 6.07) is 6.29. The highest BCUT2D eigenvalue weighted by atomic mass is 32.2. The van der Waals surface area contributed by atoms with Crippen molar-refractivity contribution in [3.63, 3.8) is 0 Å². The molecule has 8 nitrogen and oxygen atoms in total. The Morgan fingerprint density at radius 3 is 2.83 bits per heavy atom. The molecule has 1 aliphatic rings. The summed E-state index contributed by atoms with van der Waals surface area (Å²) in [7, 11) is -2.34. The molecule has 158 valence electrons. The van der Waals surface area contributed by atoms with E-state index in [0.29, 0.717) is 23.2 Å². The number of nitrogens with zero attached hydrogens (tertiary/aromatic N) is 2. The van der Waals surface area contributed by atoms with Crippen molar-refractivity contribution in [1.82, 2.24) is 9.29 Å². The SMILES string of the molecule is C=C[C@@](C)(O)[C@H]1CCc2c(cn(C)c2C(=O)Nc2ccc(C)c(C#N)c2)S(=O)(=O)N1. The number of carbonyl (C=O) groups is 1. The lowest BCUT2D eigenvalue weighted by Crippen LogP contribution is -2.49. The number of nitriles is 1. The quantitative estimate of drug-likeness (QED) is 0.643. The number of benzene rings is 1. The first-order valence-corrected chi connectivity index (χ1v) is 10.9. The van der Waals surface area contributed by atoms with Crippen molar-refractivity contribution in [3.05, 3.63) is 59.4 Å². The van der Waals surface area contributed by atoms with Gasteiger partial charge in [-0.1, -0.05) is 12.1 Å². The van der Waals surface area contributed by atoms with Gasteiger partial charge in [0.05, 0.1) is 23.3 Å². The first-order valence-electron chi connectivity index (χ1n) is 9.38. The van der Waals surface area contributed by atoms with Crippen LogP contribution in [-0.2, 0) is 23.5 Å². The number of carbonyl (C=O) groups excluding carboxylic acids is 1. The molecule has 1 aromatic heterocycles. The second kappa shape index (κ2) is 7.72. The Balaban J connectivity index is 1.99. The standard InChI is InChI=1S/C21H24N4O4S/c1-5-21(3,27)18-9-8-16-17(30(28,29)24-18)12-25(4)19(16)20(26)23-15-7-6-13(2)14(10-15)11-22/h5-7,10,12,18,24,27H,1,8-9H2,2-4H3,(H,23,26)/t18-,21-/m1/s1. The first kappa shape index (κ1) is 21.8. The molecule has 0 saturated carbocycles. The maximum atomic E-state index is 13.0. The predicted molar refractivity (Wildman–Crippen MR) is 113 cm³/mol. The smallest absolute Gasteiger partial charge is 0.272 e. The molecule has 1 aliphatic heterocycles. The number of rotatable bonds is 4. The lowest BCUT2D eigenvalue weighted by Gasteiger charge is -2.29. The fraction of sp³-hybridized carbons (Fsp3) is 0.333. The zero-order valence-electron chi connectivity index (χ0n) is 17.1. The van der Waals surface area contributed by atoms with Gasteiger partial charge in [-0.3, -0.25) is 4.79 Å². The van der Waals surface area contributed by atoms with E-state index < -0.39 is 27.6 Å². The van der Waals surface area contributed by atoms with Gasteiger partial charge in [-0.05, 0) is 44.4 Å². The summed E-state index contributed by atoms with van der Waals surface area (Å²) in [5.74, 6) is -0.476. The topological polar surface area (TPSA) is 124 Å². The van der Waals surface area contributed by atoms with Gasteiger partial charge in [-0.25, -0.2) is 13.1 Å². The Morgan fingerprint density at radius 2 is 2.20 bits per heavy atom. The second-order valence-electron chi connectivity index (χ2n) is 7.67. The number of fused-ring (bicyclic) bond motifs is 1. The summed E-state index contributed by atoms with van der Waals surface area (Å²) in [4.78, 5) is 13.0. The monoisotopic (exact) mass is 428 g/mol. The van der Waals surface area contributed by atoms with Gasteiger partial charge in [-0.2, -0.15) is 5.26 Å². The zero-order valence-corrected chi connectivity index (χ0v) is 17.9. The largest absolute Gasteiger partial charge is 0.384 e. The molecule has 0 saturated heterocycles. The van der Waals surface area contributed by atoms with Crippen LogP contribution in [-0.4, -0.2) is 35.6 Å². The van der Waals surface area contributed by atoms with Crippen LogP contribution < -0.4 is 10.0 Å². The number of aliphatic hydroxyl groups is 1. The van der Waals surface area contributed by atoms with Crippen LogP contribution in [0.4, 0.5) is 5.69 Å². The van der Waals surface area contributed by atoms with Crippen LogP contribution in [0.2, 0.25) is 0 Å². The van der Waals surface area contributed by atoms with Crippen molar-refractivity contribution in [2.75, 3.05) is 5.32 Å². The minimum absolute atomic E-state index is 0.0131. The van der Waals surface area contributed by atoms with E-state index in [2.05, 4.69) is 22.7 Å². The minimum Gasteiger partial charge on any atom is -0.384 e. The molecule has 0 radical (unpaired) electrons. The van der Waals surface area contributed by atoms with E-state index in [0.717, 1.165) is 5.56 Å². The fourth-order valence-electron chi connectivity index (χ4n) is 3.58. The highest BCUT2D eigenvalue weighted by molar-refractivity contribution is 7.89. The predicted octanol–water partition coefficient (Wildman–Crippen LogP) is 1.99. The molecule has 1 amide bonds. The molecule has 0 aliphatic carbocycles. The number of anilines is 1. The highest BCUT2D eigenvalue weighted by Crippen LogP contribution is 2.30. The number of nitrogens with one attached hydrogen (secondary N) is 2. The number of hydrogen-bond donors (Lipinski definition) is 3. The summed E-state index contributed by atoms with van der Waals surface area (Å²) in [6.07, 6.45) is 3.26. The zero-order chi connectivity index (χ0) is 22.3. The van der Waals surface area contributed by atoms with Gasteiger partial charge in [0.15, 0.2) is 0 Å². The van der Waals surface area contributed by atoms with Crippen molar-refractivity contribution in [2.45, 2.75) is 43.2 Å². The normalized spacial score (nSPS) is 19.6. The van der Waals surface area contributed by atoms with Gasteiger partial charge >= 0.3 is 0 Å². The van der Waals surface area contributed by atoms with Crippen LogP contribution in [0, 0.1) is 18.3 Å². The number of aromatic nitrogens is 1. The van der Waals surface area contributed by atoms with Crippen LogP contribution >= 0.6 is 0 Å².